The predicted molar refractivity (Wildman–Crippen MR) is 65.7 cm³/mol. The van der Waals surface area contributed by atoms with Gasteiger partial charge in [0.2, 0.25) is 0 Å². The van der Waals surface area contributed by atoms with Gasteiger partial charge in [-0.15, -0.1) is 0 Å². The molecule has 0 amide bonds. The summed E-state index contributed by atoms with van der Waals surface area (Å²) in [6.07, 6.45) is 2.82. The summed E-state index contributed by atoms with van der Waals surface area (Å²) < 4.78 is 18.2. The third-order valence-corrected chi connectivity index (χ3v) is 2.99. The van der Waals surface area contributed by atoms with E-state index in [9.17, 15) is 9.50 Å². The number of rotatable bonds is 6. The van der Waals surface area contributed by atoms with Crippen molar-refractivity contribution in [3.63, 3.8) is 0 Å². The van der Waals surface area contributed by atoms with Crippen molar-refractivity contribution >= 4 is 11.8 Å². The van der Waals surface area contributed by atoms with Crippen LogP contribution in [0.1, 0.15) is 12.0 Å². The average molecular weight is 244 g/mol. The average Bonchev–Trinajstić information content (AvgIpc) is 2.26. The molecule has 2 nitrogen and oxygen atoms in total. The van der Waals surface area contributed by atoms with Crippen molar-refractivity contribution in [2.45, 2.75) is 18.9 Å². The van der Waals surface area contributed by atoms with E-state index in [1.807, 2.05) is 6.26 Å². The zero-order chi connectivity index (χ0) is 12.0. The largest absolute Gasteiger partial charge is 0.494 e. The summed E-state index contributed by atoms with van der Waals surface area (Å²) in [5.74, 6) is 0.777. The molecule has 0 heterocycles. The van der Waals surface area contributed by atoms with E-state index in [0.717, 1.165) is 17.7 Å². The summed E-state index contributed by atoms with van der Waals surface area (Å²) in [5, 5.41) is 9.68. The highest BCUT2D eigenvalue weighted by Crippen LogP contribution is 2.19. The first kappa shape index (κ1) is 13.3. The van der Waals surface area contributed by atoms with Gasteiger partial charge in [0.05, 0.1) is 13.2 Å². The molecule has 1 atom stereocenters. The summed E-state index contributed by atoms with van der Waals surface area (Å²) in [6, 6.07) is 4.79. The second-order valence-electron chi connectivity index (χ2n) is 3.61. The molecule has 4 heteroatoms. The molecular weight excluding hydrogens is 227 g/mol. The number of hydrogen-bond donors (Lipinski definition) is 1. The van der Waals surface area contributed by atoms with Crippen molar-refractivity contribution in [2.24, 2.45) is 0 Å². The van der Waals surface area contributed by atoms with Crippen LogP contribution >= 0.6 is 11.8 Å². The smallest absolute Gasteiger partial charge is 0.165 e. The van der Waals surface area contributed by atoms with Crippen LogP contribution in [0.25, 0.3) is 0 Å². The topological polar surface area (TPSA) is 29.5 Å². The van der Waals surface area contributed by atoms with Gasteiger partial charge >= 0.3 is 0 Å². The molecule has 0 aromatic heterocycles. The Balaban J connectivity index is 2.57. The van der Waals surface area contributed by atoms with Gasteiger partial charge < -0.3 is 9.84 Å². The minimum absolute atomic E-state index is 0.238. The van der Waals surface area contributed by atoms with Crippen molar-refractivity contribution in [3.8, 4) is 5.75 Å². The fourth-order valence-electron chi connectivity index (χ4n) is 1.46. The molecule has 0 spiro atoms. The Morgan fingerprint density at radius 1 is 1.50 bits per heavy atom. The van der Waals surface area contributed by atoms with Crippen LogP contribution in [0.3, 0.4) is 0 Å². The first-order valence-electron chi connectivity index (χ1n) is 5.16. The lowest BCUT2D eigenvalue weighted by Crippen LogP contribution is -2.11. The first-order valence-corrected chi connectivity index (χ1v) is 6.56. The van der Waals surface area contributed by atoms with Gasteiger partial charge in [0, 0.05) is 0 Å². The lowest BCUT2D eigenvalue weighted by Gasteiger charge is -2.10. The fraction of sp³-hybridized carbons (Fsp3) is 0.500. The molecular formula is C12H17FO2S. The van der Waals surface area contributed by atoms with Crippen LogP contribution in [0.4, 0.5) is 4.39 Å². The molecule has 90 valence electrons. The summed E-state index contributed by atoms with van der Waals surface area (Å²) in [4.78, 5) is 0. The molecule has 0 saturated heterocycles. The second kappa shape index (κ2) is 6.76. The molecule has 1 aromatic rings. The maximum absolute atomic E-state index is 13.3. The van der Waals surface area contributed by atoms with Crippen molar-refractivity contribution in [3.05, 3.63) is 29.6 Å². The van der Waals surface area contributed by atoms with Crippen LogP contribution < -0.4 is 4.74 Å². The number of aliphatic hydroxyl groups is 1. The molecule has 0 aliphatic heterocycles. The highest BCUT2D eigenvalue weighted by atomic mass is 32.2. The molecule has 16 heavy (non-hydrogen) atoms. The number of aliphatic hydroxyl groups excluding tert-OH is 1. The number of benzene rings is 1. The van der Waals surface area contributed by atoms with Gasteiger partial charge in [0.1, 0.15) is 0 Å². The Bertz CT molecular complexity index is 331. The maximum Gasteiger partial charge on any atom is 0.165 e. The van der Waals surface area contributed by atoms with Crippen molar-refractivity contribution in [1.29, 1.82) is 0 Å². The number of ether oxygens (including phenoxy) is 1. The van der Waals surface area contributed by atoms with Crippen LogP contribution in [0.15, 0.2) is 18.2 Å². The van der Waals surface area contributed by atoms with Gasteiger partial charge in [-0.25, -0.2) is 4.39 Å². The van der Waals surface area contributed by atoms with E-state index in [1.54, 1.807) is 23.9 Å². The van der Waals surface area contributed by atoms with Crippen LogP contribution in [0.2, 0.25) is 0 Å². The van der Waals surface area contributed by atoms with Crippen LogP contribution in [0.5, 0.6) is 5.75 Å². The molecule has 0 saturated carbocycles. The molecule has 1 N–H and O–H groups in total. The van der Waals surface area contributed by atoms with E-state index in [1.165, 1.54) is 13.2 Å². The highest BCUT2D eigenvalue weighted by molar-refractivity contribution is 7.98. The Kier molecular flexibility index (Phi) is 5.63. The predicted octanol–water partition coefficient (Wildman–Crippen LogP) is 2.49. The minimum Gasteiger partial charge on any atom is -0.494 e. The molecule has 0 aliphatic rings. The summed E-state index contributed by atoms with van der Waals surface area (Å²) in [7, 11) is 1.44. The van der Waals surface area contributed by atoms with Gasteiger partial charge in [-0.1, -0.05) is 6.07 Å². The minimum atomic E-state index is -0.403. The number of hydrogen-bond acceptors (Lipinski definition) is 3. The molecule has 1 unspecified atom stereocenters. The number of methoxy groups -OCH3 is 1. The van der Waals surface area contributed by atoms with Gasteiger partial charge in [0.25, 0.3) is 0 Å². The molecule has 0 bridgehead atoms. The Morgan fingerprint density at radius 3 is 2.81 bits per heavy atom. The summed E-state index contributed by atoms with van der Waals surface area (Å²) >= 11 is 1.70. The normalized spacial score (nSPS) is 12.5. The van der Waals surface area contributed by atoms with Gasteiger partial charge in [-0.3, -0.25) is 0 Å². The van der Waals surface area contributed by atoms with Crippen molar-refractivity contribution < 1.29 is 14.2 Å². The van der Waals surface area contributed by atoms with Gasteiger partial charge in [-0.2, -0.15) is 11.8 Å². The van der Waals surface area contributed by atoms with Crippen LogP contribution in [-0.4, -0.2) is 30.3 Å². The van der Waals surface area contributed by atoms with E-state index < -0.39 is 6.10 Å². The first-order chi connectivity index (χ1) is 7.67. The quantitative estimate of drug-likeness (QED) is 0.833. The lowest BCUT2D eigenvalue weighted by atomic mass is 10.1. The summed E-state index contributed by atoms with van der Waals surface area (Å²) in [6.45, 7) is 0. The third-order valence-electron chi connectivity index (χ3n) is 2.34. The fourth-order valence-corrected chi connectivity index (χ4v) is 1.97. The molecule has 1 aromatic carbocycles. The van der Waals surface area contributed by atoms with Gasteiger partial charge in [0.15, 0.2) is 11.6 Å². The molecule has 1 rings (SSSR count). The van der Waals surface area contributed by atoms with Crippen LogP contribution in [-0.2, 0) is 6.42 Å². The monoisotopic (exact) mass is 244 g/mol. The Morgan fingerprint density at radius 2 is 2.25 bits per heavy atom. The Labute approximate surface area is 99.8 Å². The van der Waals surface area contributed by atoms with E-state index in [4.69, 9.17) is 4.74 Å². The van der Waals surface area contributed by atoms with Crippen molar-refractivity contribution in [1.82, 2.24) is 0 Å². The molecule has 0 fully saturated rings. The van der Waals surface area contributed by atoms with Gasteiger partial charge in [-0.05, 0) is 42.5 Å². The number of halogens is 1. The highest BCUT2D eigenvalue weighted by Gasteiger charge is 2.08. The molecule has 0 radical (unpaired) electrons. The van der Waals surface area contributed by atoms with Crippen molar-refractivity contribution in [2.75, 3.05) is 19.1 Å². The Hall–Kier alpha value is -0.740. The lowest BCUT2D eigenvalue weighted by molar-refractivity contribution is 0.172. The van der Waals surface area contributed by atoms with Crippen LogP contribution in [0, 0.1) is 5.82 Å². The maximum atomic E-state index is 13.3. The zero-order valence-electron chi connectivity index (χ0n) is 9.57. The SMILES string of the molecule is COc1ccc(CC(O)CCSC)cc1F. The van der Waals surface area contributed by atoms with E-state index in [2.05, 4.69) is 0 Å². The standard InChI is InChI=1S/C12H17FO2S/c1-15-12-4-3-9(8-11(12)13)7-10(14)5-6-16-2/h3-4,8,10,14H,5-7H2,1-2H3. The number of thioether (sulfide) groups is 1. The van der Waals surface area contributed by atoms with E-state index in [-0.39, 0.29) is 11.6 Å². The summed E-state index contributed by atoms with van der Waals surface area (Å²) in [5.41, 5.74) is 0.798. The third kappa shape index (κ3) is 4.02. The van der Waals surface area contributed by atoms with E-state index in [0.29, 0.717) is 6.42 Å². The van der Waals surface area contributed by atoms with E-state index >= 15 is 0 Å². The second-order valence-corrected chi connectivity index (χ2v) is 4.59. The zero-order valence-corrected chi connectivity index (χ0v) is 10.4. The molecule has 0 aliphatic carbocycles.